The van der Waals surface area contributed by atoms with Gasteiger partial charge in [0, 0.05) is 18.7 Å². The molecule has 5 rings (SSSR count). The molecule has 1 amide bonds. The Morgan fingerprint density at radius 2 is 1.86 bits per heavy atom. The number of piperidine rings is 1. The summed E-state index contributed by atoms with van der Waals surface area (Å²) in [5, 5.41) is 24.5. The molecule has 4 N–H and O–H groups in total. The van der Waals surface area contributed by atoms with Crippen LogP contribution in [0.25, 0.3) is 22.3 Å². The van der Waals surface area contributed by atoms with Crippen LogP contribution in [-0.2, 0) is 4.79 Å². The second-order valence-electron chi connectivity index (χ2n) is 8.47. The molecule has 0 bridgehead atoms. The summed E-state index contributed by atoms with van der Waals surface area (Å²) < 4.78 is 7.69. The monoisotopic (exact) mass is 474 g/mol. The maximum atomic E-state index is 12.4. The fraction of sp³-hybridized carbons (Fsp3) is 0.280. The number of ether oxygens (including phenoxy) is 1. The van der Waals surface area contributed by atoms with Gasteiger partial charge in [-0.2, -0.15) is 5.10 Å². The van der Waals surface area contributed by atoms with Crippen LogP contribution < -0.4 is 10.5 Å². The van der Waals surface area contributed by atoms with Gasteiger partial charge in [0.2, 0.25) is 0 Å². The zero-order chi connectivity index (χ0) is 24.4. The Bertz CT molecular complexity index is 1330. The van der Waals surface area contributed by atoms with Crippen molar-refractivity contribution in [2.24, 2.45) is 0 Å². The van der Waals surface area contributed by atoms with E-state index in [0.717, 1.165) is 24.2 Å². The molecule has 1 fully saturated rings. The number of fused-ring (bicyclic) bond motifs is 1. The van der Waals surface area contributed by atoms with Crippen LogP contribution in [0.4, 0.5) is 5.82 Å². The van der Waals surface area contributed by atoms with Crippen molar-refractivity contribution in [2.45, 2.75) is 25.0 Å². The van der Waals surface area contributed by atoms with E-state index in [0.29, 0.717) is 41.4 Å². The number of amides is 1. The highest BCUT2D eigenvalue weighted by atomic mass is 16.5. The standard InChI is InChI=1S/C25H26N6O4/c26-23-21-22(16-8-10-19(11-9-16)35-18-6-2-1-3-7-18)29-31(24(21)28-15-27-23)17-5-4-12-30(13-17)25(34)20(33)14-32/h1-3,6-11,15,17,20,32-33H,4-5,12-14H2,(H2,26,27,28). The van der Waals surface area contributed by atoms with Crippen molar-refractivity contribution in [1.29, 1.82) is 0 Å². The maximum absolute atomic E-state index is 12.4. The molecule has 0 spiro atoms. The van der Waals surface area contributed by atoms with Crippen molar-refractivity contribution >= 4 is 22.8 Å². The number of rotatable bonds is 6. The van der Waals surface area contributed by atoms with Gasteiger partial charge in [-0.05, 0) is 49.2 Å². The molecule has 35 heavy (non-hydrogen) atoms. The number of hydrogen-bond acceptors (Lipinski definition) is 8. The topological polar surface area (TPSA) is 140 Å². The van der Waals surface area contributed by atoms with Gasteiger partial charge in [-0.3, -0.25) is 4.79 Å². The first kappa shape index (κ1) is 22.8. The Balaban J connectivity index is 1.47. The summed E-state index contributed by atoms with van der Waals surface area (Å²) in [5.41, 5.74) is 8.30. The third-order valence-electron chi connectivity index (χ3n) is 6.14. The predicted molar refractivity (Wildman–Crippen MR) is 130 cm³/mol. The quantitative estimate of drug-likeness (QED) is 0.387. The summed E-state index contributed by atoms with van der Waals surface area (Å²) in [4.78, 5) is 22.6. The van der Waals surface area contributed by atoms with Gasteiger partial charge >= 0.3 is 0 Å². The fourth-order valence-corrected chi connectivity index (χ4v) is 4.40. The van der Waals surface area contributed by atoms with Crippen LogP contribution in [0.5, 0.6) is 11.5 Å². The van der Waals surface area contributed by atoms with Gasteiger partial charge in [0.15, 0.2) is 11.8 Å². The van der Waals surface area contributed by atoms with E-state index in [1.807, 2.05) is 54.6 Å². The Morgan fingerprint density at radius 3 is 2.60 bits per heavy atom. The van der Waals surface area contributed by atoms with E-state index in [9.17, 15) is 9.90 Å². The normalized spacial score (nSPS) is 16.9. The van der Waals surface area contributed by atoms with Gasteiger partial charge in [-0.25, -0.2) is 14.6 Å². The summed E-state index contributed by atoms with van der Waals surface area (Å²) in [6.07, 6.45) is 1.49. The first-order valence-electron chi connectivity index (χ1n) is 11.4. The minimum Gasteiger partial charge on any atom is -0.457 e. The van der Waals surface area contributed by atoms with Crippen LogP contribution in [0.3, 0.4) is 0 Å². The average Bonchev–Trinajstić information content (AvgIpc) is 3.30. The minimum atomic E-state index is -1.42. The number of aromatic nitrogens is 4. The third-order valence-corrected chi connectivity index (χ3v) is 6.14. The highest BCUT2D eigenvalue weighted by Crippen LogP contribution is 2.34. The van der Waals surface area contributed by atoms with Gasteiger partial charge in [0.05, 0.1) is 18.0 Å². The lowest BCUT2D eigenvalue weighted by Crippen LogP contribution is -2.46. The zero-order valence-corrected chi connectivity index (χ0v) is 19.0. The molecule has 2 aromatic carbocycles. The van der Waals surface area contributed by atoms with Crippen LogP contribution in [-0.4, -0.2) is 66.6 Å². The lowest BCUT2D eigenvalue weighted by molar-refractivity contribution is -0.143. The number of nitrogens with two attached hydrogens (primary N) is 1. The number of carbonyl (C=O) groups is 1. The van der Waals surface area contributed by atoms with Crippen LogP contribution >= 0.6 is 0 Å². The van der Waals surface area contributed by atoms with Crippen molar-refractivity contribution in [1.82, 2.24) is 24.6 Å². The SMILES string of the molecule is Nc1ncnc2c1c(-c1ccc(Oc3ccccc3)cc1)nn2C1CCCN(C(=O)C(O)CO)C1. The number of benzene rings is 2. The lowest BCUT2D eigenvalue weighted by atomic mass is 10.1. The molecule has 0 radical (unpaired) electrons. The number of nitrogens with zero attached hydrogens (tertiary/aromatic N) is 5. The molecule has 0 aliphatic carbocycles. The molecule has 180 valence electrons. The van der Waals surface area contributed by atoms with Gasteiger partial charge in [0.25, 0.3) is 5.91 Å². The number of carbonyl (C=O) groups excluding carboxylic acids is 1. The van der Waals surface area contributed by atoms with Crippen LogP contribution in [0, 0.1) is 0 Å². The van der Waals surface area contributed by atoms with Crippen molar-refractivity contribution < 1.29 is 19.7 Å². The smallest absolute Gasteiger partial charge is 0.253 e. The zero-order valence-electron chi connectivity index (χ0n) is 19.0. The predicted octanol–water partition coefficient (Wildman–Crippen LogP) is 2.38. The van der Waals surface area contributed by atoms with Crippen LogP contribution in [0.2, 0.25) is 0 Å². The summed E-state index contributed by atoms with van der Waals surface area (Å²) in [5.74, 6) is 1.27. The van der Waals surface area contributed by atoms with Crippen molar-refractivity contribution in [3.8, 4) is 22.8 Å². The van der Waals surface area contributed by atoms with Crippen molar-refractivity contribution in [2.75, 3.05) is 25.4 Å². The Kier molecular flexibility index (Phi) is 6.30. The first-order valence-corrected chi connectivity index (χ1v) is 11.4. The number of hydrogen-bond donors (Lipinski definition) is 3. The highest BCUT2D eigenvalue weighted by molar-refractivity contribution is 5.98. The molecule has 1 saturated heterocycles. The molecule has 0 saturated carbocycles. The largest absolute Gasteiger partial charge is 0.457 e. The summed E-state index contributed by atoms with van der Waals surface area (Å²) in [6, 6.07) is 16.9. The van der Waals surface area contributed by atoms with E-state index in [2.05, 4.69) is 9.97 Å². The Labute approximate surface area is 201 Å². The Hall–Kier alpha value is -4.02. The average molecular weight is 475 g/mol. The summed E-state index contributed by atoms with van der Waals surface area (Å²) in [7, 11) is 0. The number of likely N-dealkylation sites (tertiary alicyclic amines) is 1. The van der Waals surface area contributed by atoms with Gasteiger partial charge < -0.3 is 25.6 Å². The third kappa shape index (κ3) is 4.53. The molecule has 10 nitrogen and oxygen atoms in total. The Morgan fingerprint density at radius 1 is 1.11 bits per heavy atom. The molecule has 1 aliphatic heterocycles. The fourth-order valence-electron chi connectivity index (χ4n) is 4.40. The number of anilines is 1. The van der Waals surface area contributed by atoms with E-state index in [4.69, 9.17) is 20.7 Å². The number of aliphatic hydroxyl groups is 2. The molecule has 2 atom stereocenters. The molecular weight excluding hydrogens is 448 g/mol. The first-order chi connectivity index (χ1) is 17.0. The van der Waals surface area contributed by atoms with Crippen LogP contribution in [0.1, 0.15) is 18.9 Å². The minimum absolute atomic E-state index is 0.162. The molecular formula is C25H26N6O4. The maximum Gasteiger partial charge on any atom is 0.253 e. The van der Waals surface area contributed by atoms with Gasteiger partial charge in [0.1, 0.15) is 29.3 Å². The lowest BCUT2D eigenvalue weighted by Gasteiger charge is -2.33. The number of para-hydroxylation sites is 1. The van der Waals surface area contributed by atoms with Crippen LogP contribution in [0.15, 0.2) is 60.9 Å². The van der Waals surface area contributed by atoms with Gasteiger partial charge in [-0.1, -0.05) is 18.2 Å². The molecule has 10 heteroatoms. The summed E-state index contributed by atoms with van der Waals surface area (Å²) >= 11 is 0. The van der Waals surface area contributed by atoms with E-state index >= 15 is 0 Å². The van der Waals surface area contributed by atoms with Gasteiger partial charge in [-0.15, -0.1) is 0 Å². The summed E-state index contributed by atoms with van der Waals surface area (Å²) in [6.45, 7) is 0.251. The molecule has 2 aromatic heterocycles. The van der Waals surface area contributed by atoms with E-state index in [1.165, 1.54) is 6.33 Å². The van der Waals surface area contributed by atoms with E-state index in [-0.39, 0.29) is 6.04 Å². The van der Waals surface area contributed by atoms with E-state index < -0.39 is 18.6 Å². The number of aliphatic hydroxyl groups excluding tert-OH is 2. The van der Waals surface area contributed by atoms with E-state index in [1.54, 1.807) is 9.58 Å². The second-order valence-corrected chi connectivity index (χ2v) is 8.47. The molecule has 4 aromatic rings. The second kappa shape index (κ2) is 9.69. The van der Waals surface area contributed by atoms with Crippen molar-refractivity contribution in [3.05, 3.63) is 60.9 Å². The number of nitrogen functional groups attached to an aromatic ring is 1. The molecule has 1 aliphatic rings. The molecule has 3 heterocycles. The highest BCUT2D eigenvalue weighted by Gasteiger charge is 2.31. The van der Waals surface area contributed by atoms with Crippen molar-refractivity contribution in [3.63, 3.8) is 0 Å². The molecule has 2 unspecified atom stereocenters.